The van der Waals surface area contributed by atoms with Gasteiger partial charge in [0.05, 0.1) is 6.61 Å². The van der Waals surface area contributed by atoms with E-state index < -0.39 is 0 Å². The van der Waals surface area contributed by atoms with Crippen LogP contribution in [0.5, 0.6) is 5.75 Å². The van der Waals surface area contributed by atoms with Crippen LogP contribution in [0.25, 0.3) is 6.08 Å². The molecule has 0 radical (unpaired) electrons. The lowest BCUT2D eigenvalue weighted by Crippen LogP contribution is -2.07. The summed E-state index contributed by atoms with van der Waals surface area (Å²) in [5.74, 6) is 0.600. The van der Waals surface area contributed by atoms with Gasteiger partial charge in [0, 0.05) is 6.08 Å². The predicted octanol–water partition coefficient (Wildman–Crippen LogP) is 3.15. The maximum Gasteiger partial charge on any atom is 0.250 e. The lowest BCUT2D eigenvalue weighted by molar-refractivity contribution is -0.111. The number of carbonyl (C=O) groups excluding carboxylic acids is 1. The van der Waals surface area contributed by atoms with Gasteiger partial charge in [-0.05, 0) is 37.1 Å². The molecule has 0 fully saturated rings. The van der Waals surface area contributed by atoms with Crippen molar-refractivity contribution in [2.24, 2.45) is 0 Å². The molecule has 0 aliphatic rings. The molecule has 0 unspecified atom stereocenters. The zero-order valence-electron chi connectivity index (χ0n) is 12.0. The fourth-order valence-corrected chi connectivity index (χ4v) is 2.29. The number of hydrogen-bond acceptors (Lipinski definition) is 5. The highest BCUT2D eigenvalue weighted by Gasteiger charge is 2.04. The highest BCUT2D eigenvalue weighted by molar-refractivity contribution is 7.15. The maximum absolute atomic E-state index is 11.8. The summed E-state index contributed by atoms with van der Waals surface area (Å²) in [6, 6.07) is 7.54. The van der Waals surface area contributed by atoms with Gasteiger partial charge >= 0.3 is 0 Å². The van der Waals surface area contributed by atoms with Crippen LogP contribution in [0, 0.1) is 0 Å². The number of nitrogens with one attached hydrogen (secondary N) is 1. The van der Waals surface area contributed by atoms with Crippen molar-refractivity contribution in [1.29, 1.82) is 0 Å². The molecule has 6 heteroatoms. The molecule has 1 heterocycles. The SMILES string of the molecule is CCOc1ccc(C=CC(=O)Nc2nnc(CC)s2)cc1. The fourth-order valence-electron chi connectivity index (χ4n) is 1.61. The molecule has 5 nitrogen and oxygen atoms in total. The number of carbonyl (C=O) groups is 1. The molecule has 0 aliphatic carbocycles. The monoisotopic (exact) mass is 303 g/mol. The average Bonchev–Trinajstić information content (AvgIpc) is 2.94. The zero-order chi connectivity index (χ0) is 15.1. The van der Waals surface area contributed by atoms with Gasteiger partial charge in [-0.15, -0.1) is 10.2 Å². The van der Waals surface area contributed by atoms with Crippen LogP contribution < -0.4 is 10.1 Å². The molecule has 0 bridgehead atoms. The Hall–Kier alpha value is -2.21. The van der Waals surface area contributed by atoms with Crippen molar-refractivity contribution < 1.29 is 9.53 Å². The van der Waals surface area contributed by atoms with E-state index >= 15 is 0 Å². The number of amides is 1. The quantitative estimate of drug-likeness (QED) is 0.833. The van der Waals surface area contributed by atoms with Crippen LogP contribution in [0.2, 0.25) is 0 Å². The van der Waals surface area contributed by atoms with Crippen molar-refractivity contribution in [1.82, 2.24) is 10.2 Å². The largest absolute Gasteiger partial charge is 0.494 e. The number of hydrogen-bond donors (Lipinski definition) is 1. The van der Waals surface area contributed by atoms with Crippen LogP contribution in [0.15, 0.2) is 30.3 Å². The number of benzene rings is 1. The first-order valence-corrected chi connectivity index (χ1v) is 7.57. The summed E-state index contributed by atoms with van der Waals surface area (Å²) in [4.78, 5) is 11.8. The van der Waals surface area contributed by atoms with E-state index in [9.17, 15) is 4.79 Å². The van der Waals surface area contributed by atoms with Crippen molar-refractivity contribution in [3.63, 3.8) is 0 Å². The van der Waals surface area contributed by atoms with Crippen LogP contribution in [-0.4, -0.2) is 22.7 Å². The second-order valence-electron chi connectivity index (χ2n) is 4.18. The van der Waals surface area contributed by atoms with Gasteiger partial charge in [0.15, 0.2) is 0 Å². The summed E-state index contributed by atoms with van der Waals surface area (Å²) in [5, 5.41) is 12.0. The lowest BCUT2D eigenvalue weighted by Gasteiger charge is -2.02. The molecule has 0 spiro atoms. The van der Waals surface area contributed by atoms with Crippen molar-refractivity contribution in [3.05, 3.63) is 40.9 Å². The Morgan fingerprint density at radius 2 is 2.05 bits per heavy atom. The minimum absolute atomic E-state index is 0.220. The number of aryl methyl sites for hydroxylation is 1. The first-order valence-electron chi connectivity index (χ1n) is 6.75. The van der Waals surface area contributed by atoms with Gasteiger partial charge in [-0.1, -0.05) is 30.4 Å². The number of ether oxygens (including phenoxy) is 1. The van der Waals surface area contributed by atoms with E-state index in [0.717, 1.165) is 22.7 Å². The van der Waals surface area contributed by atoms with E-state index in [1.807, 2.05) is 38.1 Å². The Morgan fingerprint density at radius 1 is 1.29 bits per heavy atom. The van der Waals surface area contributed by atoms with E-state index in [1.165, 1.54) is 17.4 Å². The minimum Gasteiger partial charge on any atom is -0.494 e. The second-order valence-corrected chi connectivity index (χ2v) is 5.24. The Bertz CT molecular complexity index is 620. The Labute approximate surface area is 127 Å². The van der Waals surface area contributed by atoms with E-state index in [1.54, 1.807) is 6.08 Å². The van der Waals surface area contributed by atoms with E-state index in [4.69, 9.17) is 4.74 Å². The van der Waals surface area contributed by atoms with Gasteiger partial charge in [-0.3, -0.25) is 10.1 Å². The highest BCUT2D eigenvalue weighted by Crippen LogP contribution is 2.16. The first-order chi connectivity index (χ1) is 10.2. The molecule has 0 saturated heterocycles. The van der Waals surface area contributed by atoms with Gasteiger partial charge in [-0.25, -0.2) is 0 Å². The third kappa shape index (κ3) is 4.68. The topological polar surface area (TPSA) is 64.1 Å². The van der Waals surface area contributed by atoms with E-state index in [0.29, 0.717) is 11.7 Å². The Balaban J connectivity index is 1.91. The van der Waals surface area contributed by atoms with Crippen LogP contribution in [0.1, 0.15) is 24.4 Å². The molecule has 0 atom stereocenters. The summed E-state index contributed by atoms with van der Waals surface area (Å²) < 4.78 is 5.36. The van der Waals surface area contributed by atoms with Gasteiger partial charge in [-0.2, -0.15) is 0 Å². The molecular weight excluding hydrogens is 286 g/mol. The van der Waals surface area contributed by atoms with Gasteiger partial charge in [0.25, 0.3) is 0 Å². The van der Waals surface area contributed by atoms with Crippen LogP contribution in [0.3, 0.4) is 0 Å². The predicted molar refractivity (Wildman–Crippen MR) is 84.6 cm³/mol. The zero-order valence-corrected chi connectivity index (χ0v) is 12.8. The summed E-state index contributed by atoms with van der Waals surface area (Å²) in [5.41, 5.74) is 0.931. The van der Waals surface area contributed by atoms with E-state index in [2.05, 4.69) is 15.5 Å². The van der Waals surface area contributed by atoms with Gasteiger partial charge in [0.2, 0.25) is 11.0 Å². The van der Waals surface area contributed by atoms with Crippen molar-refractivity contribution >= 4 is 28.5 Å². The molecule has 21 heavy (non-hydrogen) atoms. The van der Waals surface area contributed by atoms with Crippen molar-refractivity contribution in [2.75, 3.05) is 11.9 Å². The van der Waals surface area contributed by atoms with Crippen LogP contribution in [-0.2, 0) is 11.2 Å². The molecule has 1 N–H and O–H groups in total. The third-order valence-electron chi connectivity index (χ3n) is 2.62. The summed E-state index contributed by atoms with van der Waals surface area (Å²) in [6.07, 6.45) is 4.03. The second kappa shape index (κ2) is 7.54. The normalized spacial score (nSPS) is 10.8. The average molecular weight is 303 g/mol. The standard InChI is InChI=1S/C15H17N3O2S/c1-3-14-17-18-15(21-14)16-13(19)10-7-11-5-8-12(9-6-11)20-4-2/h5-10H,3-4H2,1-2H3,(H,16,18,19). The number of nitrogens with zero attached hydrogens (tertiary/aromatic N) is 2. The van der Waals surface area contributed by atoms with Crippen molar-refractivity contribution in [2.45, 2.75) is 20.3 Å². The summed E-state index contributed by atoms with van der Waals surface area (Å²) in [7, 11) is 0. The summed E-state index contributed by atoms with van der Waals surface area (Å²) in [6.45, 7) is 4.58. The number of anilines is 1. The maximum atomic E-state index is 11.8. The molecule has 0 aliphatic heterocycles. The smallest absolute Gasteiger partial charge is 0.250 e. The molecule has 1 amide bonds. The molecule has 1 aromatic carbocycles. The molecular formula is C15H17N3O2S. The fraction of sp³-hybridized carbons (Fsp3) is 0.267. The summed E-state index contributed by atoms with van der Waals surface area (Å²) >= 11 is 1.39. The van der Waals surface area contributed by atoms with Gasteiger partial charge < -0.3 is 4.74 Å². The van der Waals surface area contributed by atoms with E-state index in [-0.39, 0.29) is 5.91 Å². The van der Waals surface area contributed by atoms with Gasteiger partial charge in [0.1, 0.15) is 10.8 Å². The molecule has 1 aromatic heterocycles. The highest BCUT2D eigenvalue weighted by atomic mass is 32.1. The molecule has 2 rings (SSSR count). The first kappa shape index (κ1) is 15.2. The van der Waals surface area contributed by atoms with Crippen LogP contribution in [0.4, 0.5) is 5.13 Å². The molecule has 110 valence electrons. The van der Waals surface area contributed by atoms with Crippen molar-refractivity contribution in [3.8, 4) is 5.75 Å². The lowest BCUT2D eigenvalue weighted by atomic mass is 10.2. The molecule has 2 aromatic rings. The Morgan fingerprint density at radius 3 is 2.67 bits per heavy atom. The van der Waals surface area contributed by atoms with Crippen LogP contribution >= 0.6 is 11.3 Å². The Kier molecular flexibility index (Phi) is 5.45. The third-order valence-corrected chi connectivity index (χ3v) is 3.60. The minimum atomic E-state index is -0.220. The number of aromatic nitrogens is 2. The molecule has 0 saturated carbocycles. The number of rotatable bonds is 6.